The molecule has 0 aliphatic carbocycles. The summed E-state index contributed by atoms with van der Waals surface area (Å²) in [6.45, 7) is 1.35. The molecule has 8 nitrogen and oxygen atoms in total. The van der Waals surface area contributed by atoms with E-state index in [9.17, 15) is 5.53 Å². The Hall–Kier alpha value is -3.23. The third kappa shape index (κ3) is 7.15. The highest BCUT2D eigenvalue weighted by Gasteiger charge is 2.47. The van der Waals surface area contributed by atoms with Crippen LogP contribution in [0, 0.1) is 0 Å². The van der Waals surface area contributed by atoms with Crippen LogP contribution < -0.4 is 0 Å². The molecule has 36 heavy (non-hydrogen) atoms. The van der Waals surface area contributed by atoms with Crippen LogP contribution in [0.25, 0.3) is 10.4 Å². The number of nitrogens with zero attached hydrogens (tertiary/aromatic N) is 3. The van der Waals surface area contributed by atoms with Crippen LogP contribution in [0.3, 0.4) is 0 Å². The summed E-state index contributed by atoms with van der Waals surface area (Å²) < 4.78 is 30.5. The molecule has 1 saturated heterocycles. The summed E-state index contributed by atoms with van der Waals surface area (Å²) in [6, 6.07) is 28.9. The highest BCUT2D eigenvalue weighted by atomic mass is 16.7. The van der Waals surface area contributed by atoms with E-state index in [2.05, 4.69) is 10.0 Å². The van der Waals surface area contributed by atoms with Crippen molar-refractivity contribution in [3.05, 3.63) is 118 Å². The number of hydrogen-bond donors (Lipinski definition) is 0. The van der Waals surface area contributed by atoms with Crippen LogP contribution in [-0.2, 0) is 43.5 Å². The van der Waals surface area contributed by atoms with E-state index >= 15 is 0 Å². The SMILES string of the molecule is CO[C@@H]1O[C@H](COCc2ccccc2)[C@H](OCc2ccccc2)[C@H](OCc2ccccc2)C1N=[N+]=[N-]. The largest absolute Gasteiger partial charge is 0.374 e. The third-order valence-electron chi connectivity index (χ3n) is 6.00. The zero-order valence-corrected chi connectivity index (χ0v) is 20.3. The maximum Gasteiger partial charge on any atom is 0.168 e. The minimum absolute atomic E-state index is 0.252. The van der Waals surface area contributed by atoms with Gasteiger partial charge < -0.3 is 23.7 Å². The molecule has 4 rings (SSSR count). The third-order valence-corrected chi connectivity index (χ3v) is 6.00. The second kappa shape index (κ2) is 13.8. The normalized spacial score (nSPS) is 23.6. The number of methoxy groups -OCH3 is 1. The number of rotatable bonds is 12. The molecule has 0 bridgehead atoms. The molecule has 1 unspecified atom stereocenters. The standard InChI is InChI=1S/C28H31N3O5/c1-32-28-25(30-31-29)27(35-19-23-15-9-4-10-16-23)26(34-18-22-13-7-3-8-14-22)24(36-28)20-33-17-21-11-5-2-6-12-21/h2-16,24-28H,17-20H2,1H3/t24-,25?,26+,27-,28-/m1/s1. The highest BCUT2D eigenvalue weighted by Crippen LogP contribution is 2.30. The molecule has 1 heterocycles. The fourth-order valence-corrected chi connectivity index (χ4v) is 4.20. The first-order valence-electron chi connectivity index (χ1n) is 11.9. The summed E-state index contributed by atoms with van der Waals surface area (Å²) in [5, 5.41) is 3.98. The van der Waals surface area contributed by atoms with E-state index in [0.29, 0.717) is 19.8 Å². The Bertz CT molecular complexity index is 1080. The fourth-order valence-electron chi connectivity index (χ4n) is 4.20. The van der Waals surface area contributed by atoms with Gasteiger partial charge in [0.15, 0.2) is 6.29 Å². The molecule has 1 aliphatic heterocycles. The Morgan fingerprint density at radius 1 is 0.750 bits per heavy atom. The number of benzene rings is 3. The minimum Gasteiger partial charge on any atom is -0.374 e. The zero-order chi connectivity index (χ0) is 25.0. The van der Waals surface area contributed by atoms with Gasteiger partial charge in [0.1, 0.15) is 24.4 Å². The summed E-state index contributed by atoms with van der Waals surface area (Å²) in [5.74, 6) is 0. The van der Waals surface area contributed by atoms with E-state index in [0.717, 1.165) is 16.7 Å². The lowest BCUT2D eigenvalue weighted by Gasteiger charge is -2.44. The van der Waals surface area contributed by atoms with Crippen LogP contribution in [0.4, 0.5) is 0 Å². The van der Waals surface area contributed by atoms with Crippen molar-refractivity contribution in [2.75, 3.05) is 13.7 Å². The second-order valence-electron chi connectivity index (χ2n) is 8.50. The summed E-state index contributed by atoms with van der Waals surface area (Å²) in [6.07, 6.45) is -2.49. The average molecular weight is 490 g/mol. The smallest absolute Gasteiger partial charge is 0.168 e. The van der Waals surface area contributed by atoms with Crippen molar-refractivity contribution >= 4 is 0 Å². The summed E-state index contributed by atoms with van der Waals surface area (Å²) in [4.78, 5) is 3.04. The molecule has 188 valence electrons. The van der Waals surface area contributed by atoms with Crippen molar-refractivity contribution in [3.63, 3.8) is 0 Å². The first-order valence-corrected chi connectivity index (χ1v) is 11.9. The molecule has 3 aromatic carbocycles. The van der Waals surface area contributed by atoms with Crippen LogP contribution in [0.1, 0.15) is 16.7 Å². The van der Waals surface area contributed by atoms with Gasteiger partial charge in [-0.05, 0) is 22.2 Å². The molecule has 0 N–H and O–H groups in total. The number of hydrogen-bond acceptors (Lipinski definition) is 6. The van der Waals surface area contributed by atoms with Crippen LogP contribution in [0.15, 0.2) is 96.1 Å². The van der Waals surface area contributed by atoms with Crippen molar-refractivity contribution in [1.29, 1.82) is 0 Å². The predicted molar refractivity (Wildman–Crippen MR) is 135 cm³/mol. The molecule has 5 atom stereocenters. The summed E-state index contributed by atoms with van der Waals surface area (Å²) >= 11 is 0. The van der Waals surface area contributed by atoms with Crippen molar-refractivity contribution < 1.29 is 23.7 Å². The maximum atomic E-state index is 9.29. The Balaban J connectivity index is 1.55. The molecule has 8 heteroatoms. The van der Waals surface area contributed by atoms with Gasteiger partial charge in [-0.2, -0.15) is 0 Å². The van der Waals surface area contributed by atoms with E-state index < -0.39 is 30.6 Å². The van der Waals surface area contributed by atoms with E-state index in [1.807, 2.05) is 91.0 Å². The molecule has 3 aromatic rings. The lowest BCUT2D eigenvalue weighted by Crippen LogP contribution is -2.60. The Labute approximate surface area is 211 Å². The quantitative estimate of drug-likeness (QED) is 0.192. The minimum atomic E-state index is -0.802. The van der Waals surface area contributed by atoms with Gasteiger partial charge in [0, 0.05) is 12.0 Å². The lowest BCUT2D eigenvalue weighted by atomic mass is 9.96. The molecule has 0 aromatic heterocycles. The van der Waals surface area contributed by atoms with Gasteiger partial charge in [-0.3, -0.25) is 0 Å². The zero-order valence-electron chi connectivity index (χ0n) is 20.3. The van der Waals surface area contributed by atoms with E-state index in [-0.39, 0.29) is 6.61 Å². The number of ether oxygens (including phenoxy) is 5. The van der Waals surface area contributed by atoms with E-state index in [1.165, 1.54) is 7.11 Å². The van der Waals surface area contributed by atoms with Gasteiger partial charge in [-0.1, -0.05) is 96.1 Å². The van der Waals surface area contributed by atoms with Gasteiger partial charge >= 0.3 is 0 Å². The average Bonchev–Trinajstić information content (AvgIpc) is 2.93. The monoisotopic (exact) mass is 489 g/mol. The number of azide groups is 1. The van der Waals surface area contributed by atoms with Crippen molar-refractivity contribution in [2.45, 2.75) is 50.5 Å². The first-order chi connectivity index (χ1) is 17.8. The van der Waals surface area contributed by atoms with Gasteiger partial charge in [0.2, 0.25) is 0 Å². The fraction of sp³-hybridized carbons (Fsp3) is 0.357. The summed E-state index contributed by atoms with van der Waals surface area (Å²) in [5.41, 5.74) is 12.4. The van der Waals surface area contributed by atoms with E-state index in [1.54, 1.807) is 0 Å². The highest BCUT2D eigenvalue weighted by molar-refractivity contribution is 5.15. The topological polar surface area (TPSA) is 94.9 Å². The maximum absolute atomic E-state index is 9.29. The predicted octanol–water partition coefficient (Wildman–Crippen LogP) is 5.42. The van der Waals surface area contributed by atoms with Crippen LogP contribution in [0.5, 0.6) is 0 Å². The van der Waals surface area contributed by atoms with E-state index in [4.69, 9.17) is 23.7 Å². The van der Waals surface area contributed by atoms with Crippen molar-refractivity contribution in [1.82, 2.24) is 0 Å². The van der Waals surface area contributed by atoms with Crippen molar-refractivity contribution in [3.8, 4) is 0 Å². The molecule has 1 aliphatic rings. The Kier molecular flexibility index (Phi) is 9.87. The second-order valence-corrected chi connectivity index (χ2v) is 8.50. The van der Waals surface area contributed by atoms with Crippen molar-refractivity contribution in [2.24, 2.45) is 5.11 Å². The Morgan fingerprint density at radius 3 is 1.75 bits per heavy atom. The lowest BCUT2D eigenvalue weighted by molar-refractivity contribution is -0.280. The van der Waals surface area contributed by atoms with Crippen LogP contribution in [-0.4, -0.2) is 44.4 Å². The molecule has 1 fully saturated rings. The van der Waals surface area contributed by atoms with Gasteiger partial charge in [-0.15, -0.1) is 0 Å². The Morgan fingerprint density at radius 2 is 1.25 bits per heavy atom. The summed E-state index contributed by atoms with van der Waals surface area (Å²) in [7, 11) is 1.52. The molecule has 0 amide bonds. The molecule has 0 saturated carbocycles. The molecular formula is C28H31N3O5. The van der Waals surface area contributed by atoms with Crippen LogP contribution >= 0.6 is 0 Å². The van der Waals surface area contributed by atoms with Gasteiger partial charge in [0.05, 0.1) is 26.4 Å². The first kappa shape index (κ1) is 25.9. The van der Waals surface area contributed by atoms with Gasteiger partial charge in [-0.25, -0.2) is 0 Å². The molecule has 0 spiro atoms. The molecule has 0 radical (unpaired) electrons. The van der Waals surface area contributed by atoms with Gasteiger partial charge in [0.25, 0.3) is 0 Å². The molecular weight excluding hydrogens is 458 g/mol. The van der Waals surface area contributed by atoms with Crippen LogP contribution in [0.2, 0.25) is 0 Å².